The van der Waals surface area contributed by atoms with Crippen LogP contribution in [-0.2, 0) is 0 Å². The Balaban J connectivity index is 2.10. The van der Waals surface area contributed by atoms with Gasteiger partial charge in [0.25, 0.3) is 0 Å². The molecule has 0 aliphatic carbocycles. The lowest BCUT2D eigenvalue weighted by Gasteiger charge is -2.09. The van der Waals surface area contributed by atoms with Crippen LogP contribution in [0.4, 0.5) is 16.2 Å². The average Bonchev–Trinajstić information content (AvgIpc) is 2.63. The highest BCUT2D eigenvalue weighted by molar-refractivity contribution is 5.85. The molecular weight excluding hydrogens is 238 g/mol. The molecule has 8 heteroatoms. The second-order valence-corrected chi connectivity index (χ2v) is 3.67. The zero-order valence-electron chi connectivity index (χ0n) is 9.45. The number of amides is 2. The van der Waals surface area contributed by atoms with Crippen molar-refractivity contribution in [1.29, 1.82) is 0 Å². The fourth-order valence-corrected chi connectivity index (χ4v) is 1.55. The Labute approximate surface area is 101 Å². The van der Waals surface area contributed by atoms with Gasteiger partial charge in [-0.3, -0.25) is 4.98 Å². The van der Waals surface area contributed by atoms with E-state index in [0.29, 0.717) is 35.6 Å². The van der Waals surface area contributed by atoms with E-state index in [1.165, 1.54) is 0 Å². The molecule has 2 rings (SSSR count). The molecule has 0 spiro atoms. The number of rotatable bonds is 4. The van der Waals surface area contributed by atoms with Gasteiger partial charge in [0.15, 0.2) is 5.58 Å². The van der Waals surface area contributed by atoms with E-state index in [0.717, 1.165) is 0 Å². The maximum Gasteiger partial charge on any atom is 0.417 e. The monoisotopic (exact) mass is 251 g/mol. The summed E-state index contributed by atoms with van der Waals surface area (Å²) in [6, 6.07) is 2.64. The summed E-state index contributed by atoms with van der Waals surface area (Å²) in [4.78, 5) is 24.0. The van der Waals surface area contributed by atoms with Crippen LogP contribution < -0.4 is 27.9 Å². The number of oxazole rings is 1. The Morgan fingerprint density at radius 2 is 2.17 bits per heavy atom. The molecule has 2 amide bonds. The second kappa shape index (κ2) is 4.70. The highest BCUT2D eigenvalue weighted by atomic mass is 16.4. The van der Waals surface area contributed by atoms with Gasteiger partial charge in [0, 0.05) is 19.2 Å². The number of nitrogens with one attached hydrogen (secondary N) is 3. The van der Waals surface area contributed by atoms with Crippen molar-refractivity contribution < 1.29 is 9.21 Å². The Morgan fingerprint density at radius 3 is 2.89 bits per heavy atom. The number of hydrogen-bond acceptors (Lipinski definition) is 5. The predicted octanol–water partition coefficient (Wildman–Crippen LogP) is -0.217. The van der Waals surface area contributed by atoms with Gasteiger partial charge in [-0.1, -0.05) is 0 Å². The lowest BCUT2D eigenvalue weighted by atomic mass is 10.2. The molecule has 18 heavy (non-hydrogen) atoms. The van der Waals surface area contributed by atoms with Crippen molar-refractivity contribution in [3.63, 3.8) is 0 Å². The predicted molar refractivity (Wildman–Crippen MR) is 67.3 cm³/mol. The number of urea groups is 1. The first-order chi connectivity index (χ1) is 8.56. The molecular formula is C10H13N5O3. The third-order valence-corrected chi connectivity index (χ3v) is 2.33. The summed E-state index contributed by atoms with van der Waals surface area (Å²) in [6.45, 7) is 0.829. The number of benzene rings is 1. The van der Waals surface area contributed by atoms with Crippen LogP contribution >= 0.6 is 0 Å². The van der Waals surface area contributed by atoms with E-state index in [9.17, 15) is 9.59 Å². The topological polar surface area (TPSA) is 139 Å². The Kier molecular flexibility index (Phi) is 3.09. The van der Waals surface area contributed by atoms with Crippen LogP contribution in [-0.4, -0.2) is 24.1 Å². The number of H-pyrrole nitrogens is 1. The van der Waals surface area contributed by atoms with Crippen molar-refractivity contribution in [2.45, 2.75) is 0 Å². The minimum atomic E-state index is -0.584. The van der Waals surface area contributed by atoms with E-state index in [1.54, 1.807) is 12.1 Å². The number of fused-ring (bicyclic) bond motifs is 1. The molecule has 7 N–H and O–H groups in total. The van der Waals surface area contributed by atoms with Gasteiger partial charge in [-0.25, -0.2) is 9.59 Å². The molecule has 0 aliphatic rings. The zero-order chi connectivity index (χ0) is 13.1. The highest BCUT2D eigenvalue weighted by Gasteiger charge is 2.06. The maximum atomic E-state index is 11.0. The van der Waals surface area contributed by atoms with E-state index >= 15 is 0 Å². The third-order valence-electron chi connectivity index (χ3n) is 2.33. The van der Waals surface area contributed by atoms with Crippen LogP contribution in [0.3, 0.4) is 0 Å². The molecule has 8 nitrogen and oxygen atoms in total. The molecule has 1 aromatic heterocycles. The number of primary amides is 1. The smallest absolute Gasteiger partial charge is 0.408 e. The van der Waals surface area contributed by atoms with Gasteiger partial charge >= 0.3 is 11.8 Å². The fraction of sp³-hybridized carbons (Fsp3) is 0.200. The molecule has 0 radical (unpaired) electrons. The highest BCUT2D eigenvalue weighted by Crippen LogP contribution is 2.23. The van der Waals surface area contributed by atoms with E-state index < -0.39 is 11.8 Å². The van der Waals surface area contributed by atoms with Crippen molar-refractivity contribution in [1.82, 2.24) is 10.3 Å². The van der Waals surface area contributed by atoms with Crippen molar-refractivity contribution in [3.05, 3.63) is 22.7 Å². The number of nitrogens with two attached hydrogens (primary N) is 2. The molecule has 1 aromatic carbocycles. The normalized spacial score (nSPS) is 10.4. The molecule has 0 atom stereocenters. The van der Waals surface area contributed by atoms with Crippen molar-refractivity contribution in [2.75, 3.05) is 24.1 Å². The summed E-state index contributed by atoms with van der Waals surface area (Å²) < 4.78 is 4.87. The molecule has 0 saturated heterocycles. The van der Waals surface area contributed by atoms with Crippen LogP contribution in [0.1, 0.15) is 0 Å². The molecule has 0 aliphatic heterocycles. The van der Waals surface area contributed by atoms with Gasteiger partial charge in [-0.15, -0.1) is 0 Å². The zero-order valence-corrected chi connectivity index (χ0v) is 9.45. The Hall–Kier alpha value is -2.64. The summed E-state index contributed by atoms with van der Waals surface area (Å²) in [7, 11) is 0. The first kappa shape index (κ1) is 11.8. The molecule has 0 bridgehead atoms. The van der Waals surface area contributed by atoms with Gasteiger partial charge in [0.1, 0.15) is 0 Å². The van der Waals surface area contributed by atoms with Gasteiger partial charge < -0.3 is 26.5 Å². The number of hydrogen-bond donors (Lipinski definition) is 5. The molecule has 1 heterocycles. The van der Waals surface area contributed by atoms with Crippen LogP contribution in [0.25, 0.3) is 11.1 Å². The number of aromatic nitrogens is 1. The van der Waals surface area contributed by atoms with Crippen LogP contribution in [0.2, 0.25) is 0 Å². The molecule has 0 unspecified atom stereocenters. The van der Waals surface area contributed by atoms with Gasteiger partial charge in [-0.05, 0) is 6.07 Å². The lowest BCUT2D eigenvalue weighted by molar-refractivity contribution is 0.249. The maximum absolute atomic E-state index is 11.0. The quantitative estimate of drug-likeness (QED) is 0.377. The molecule has 0 fully saturated rings. The van der Waals surface area contributed by atoms with Crippen LogP contribution in [0.5, 0.6) is 0 Å². The van der Waals surface area contributed by atoms with Crippen molar-refractivity contribution >= 4 is 28.5 Å². The third kappa shape index (κ3) is 2.54. The number of aromatic amines is 1. The lowest BCUT2D eigenvalue weighted by Crippen LogP contribution is -2.33. The SMILES string of the molecule is NC(=O)NCCNc1cc2[nH]c(=O)oc2cc1N. The summed E-state index contributed by atoms with van der Waals surface area (Å²) in [5.74, 6) is -0.531. The summed E-state index contributed by atoms with van der Waals surface area (Å²) in [5.41, 5.74) is 12.8. The van der Waals surface area contributed by atoms with E-state index in [4.69, 9.17) is 15.9 Å². The first-order valence-electron chi connectivity index (χ1n) is 5.26. The summed E-state index contributed by atoms with van der Waals surface area (Å²) >= 11 is 0. The van der Waals surface area contributed by atoms with Crippen molar-refractivity contribution in [3.8, 4) is 0 Å². The molecule has 0 saturated carbocycles. The van der Waals surface area contributed by atoms with Gasteiger partial charge in [0.2, 0.25) is 0 Å². The number of anilines is 2. The van der Waals surface area contributed by atoms with E-state index in [-0.39, 0.29) is 0 Å². The van der Waals surface area contributed by atoms with Crippen LogP contribution in [0, 0.1) is 0 Å². The standard InChI is InChI=1S/C10H13N5O3/c11-5-3-8-7(15-10(17)18-8)4-6(5)13-1-2-14-9(12)16/h3-4,13H,1-2,11H2,(H,15,17)(H3,12,14,16). The number of carbonyl (C=O) groups excluding carboxylic acids is 1. The summed E-state index contributed by atoms with van der Waals surface area (Å²) in [6.07, 6.45) is 0. The minimum Gasteiger partial charge on any atom is -0.408 e. The number of nitrogen functional groups attached to an aromatic ring is 1. The molecule has 96 valence electrons. The average molecular weight is 251 g/mol. The minimum absolute atomic E-state index is 0.370. The fourth-order valence-electron chi connectivity index (χ4n) is 1.55. The second-order valence-electron chi connectivity index (χ2n) is 3.67. The van der Waals surface area contributed by atoms with Crippen molar-refractivity contribution in [2.24, 2.45) is 5.73 Å². The molecule has 2 aromatic rings. The summed E-state index contributed by atoms with van der Waals surface area (Å²) in [5, 5.41) is 5.45. The van der Waals surface area contributed by atoms with E-state index in [2.05, 4.69) is 15.6 Å². The van der Waals surface area contributed by atoms with Gasteiger partial charge in [-0.2, -0.15) is 0 Å². The van der Waals surface area contributed by atoms with E-state index in [1.807, 2.05) is 0 Å². The van der Waals surface area contributed by atoms with Crippen LogP contribution in [0.15, 0.2) is 21.3 Å². The van der Waals surface area contributed by atoms with Gasteiger partial charge in [0.05, 0.1) is 16.9 Å². The number of carbonyl (C=O) groups is 1. The Morgan fingerprint density at radius 1 is 1.39 bits per heavy atom. The first-order valence-corrected chi connectivity index (χ1v) is 5.26. The largest absolute Gasteiger partial charge is 0.417 e. The Bertz CT molecular complexity index is 630.